The minimum atomic E-state index is -0.125. The Hall–Kier alpha value is -3.21. The Bertz CT molecular complexity index is 989. The predicted molar refractivity (Wildman–Crippen MR) is 114 cm³/mol. The van der Waals surface area contributed by atoms with E-state index in [2.05, 4.69) is 22.5 Å². The van der Waals surface area contributed by atoms with Crippen molar-refractivity contribution >= 4 is 11.7 Å². The Kier molecular flexibility index (Phi) is 6.60. The lowest BCUT2D eigenvalue weighted by Crippen LogP contribution is -2.24. The lowest BCUT2D eigenvalue weighted by Gasteiger charge is -2.07. The first kappa shape index (κ1) is 20.5. The molecule has 0 saturated heterocycles. The fourth-order valence-electron chi connectivity index (χ4n) is 3.29. The number of hydrogen-bond acceptors (Lipinski definition) is 3. The summed E-state index contributed by atoms with van der Waals surface area (Å²) in [6.45, 7) is 7.08. The van der Waals surface area contributed by atoms with E-state index in [-0.39, 0.29) is 24.5 Å². The first-order valence-electron chi connectivity index (χ1n) is 9.87. The molecule has 0 fully saturated rings. The van der Waals surface area contributed by atoms with E-state index in [1.807, 2.05) is 67.9 Å². The number of amides is 1. The highest BCUT2D eigenvalue weighted by molar-refractivity contribution is 5.97. The van der Waals surface area contributed by atoms with Gasteiger partial charge in [-0.05, 0) is 26.3 Å². The van der Waals surface area contributed by atoms with E-state index in [4.69, 9.17) is 0 Å². The summed E-state index contributed by atoms with van der Waals surface area (Å²) in [5.74, 6) is -0.136. The van der Waals surface area contributed by atoms with Gasteiger partial charge in [-0.25, -0.2) is 0 Å². The molecule has 2 aromatic carbocycles. The van der Waals surface area contributed by atoms with E-state index in [0.29, 0.717) is 18.7 Å². The van der Waals surface area contributed by atoms with Crippen LogP contribution in [0, 0.1) is 20.8 Å². The molecule has 0 bridgehead atoms. The fraction of sp³-hybridized carbons (Fsp3) is 0.292. The molecule has 0 spiro atoms. The Labute approximate surface area is 171 Å². The summed E-state index contributed by atoms with van der Waals surface area (Å²) < 4.78 is 1.97. The number of Topliss-reactive ketones (excluding diaryl/α,β-unsaturated/α-hetero) is 1. The zero-order valence-electron chi connectivity index (χ0n) is 17.2. The minimum absolute atomic E-state index is 0.0109. The minimum Gasteiger partial charge on any atom is -0.352 e. The highest BCUT2D eigenvalue weighted by Gasteiger charge is 2.14. The highest BCUT2D eigenvalue weighted by atomic mass is 16.2. The summed E-state index contributed by atoms with van der Waals surface area (Å²) in [5.41, 5.74) is 5.93. The second kappa shape index (κ2) is 9.32. The Morgan fingerprint density at radius 1 is 0.931 bits per heavy atom. The van der Waals surface area contributed by atoms with Crippen molar-refractivity contribution in [2.75, 3.05) is 0 Å². The number of rotatable bonds is 8. The molecule has 0 aliphatic carbocycles. The van der Waals surface area contributed by atoms with Crippen LogP contribution in [-0.4, -0.2) is 21.5 Å². The predicted octanol–water partition coefficient (Wildman–Crippen LogP) is 4.14. The van der Waals surface area contributed by atoms with Gasteiger partial charge in [0.15, 0.2) is 5.78 Å². The van der Waals surface area contributed by atoms with Crippen LogP contribution in [0.15, 0.2) is 54.6 Å². The van der Waals surface area contributed by atoms with Gasteiger partial charge >= 0.3 is 0 Å². The lowest BCUT2D eigenvalue weighted by atomic mass is 10.0. The topological polar surface area (TPSA) is 64.0 Å². The maximum Gasteiger partial charge on any atom is 0.220 e. The maximum atomic E-state index is 12.2. The van der Waals surface area contributed by atoms with Crippen LogP contribution in [0.1, 0.15) is 51.3 Å². The van der Waals surface area contributed by atoms with Crippen molar-refractivity contribution in [2.45, 2.75) is 46.7 Å². The van der Waals surface area contributed by atoms with Crippen molar-refractivity contribution in [3.63, 3.8) is 0 Å². The zero-order chi connectivity index (χ0) is 20.8. The molecule has 0 saturated carbocycles. The number of nitrogens with one attached hydrogen (secondary N) is 1. The van der Waals surface area contributed by atoms with Crippen LogP contribution in [0.25, 0.3) is 0 Å². The van der Waals surface area contributed by atoms with Gasteiger partial charge in [0.25, 0.3) is 0 Å². The molecule has 0 aliphatic heterocycles. The Morgan fingerprint density at radius 3 is 2.31 bits per heavy atom. The average molecular weight is 389 g/mol. The molecule has 1 aromatic heterocycles. The molecule has 3 aromatic rings. The molecule has 150 valence electrons. The number of benzene rings is 2. The van der Waals surface area contributed by atoms with E-state index < -0.39 is 0 Å². The van der Waals surface area contributed by atoms with Gasteiger partial charge in [-0.3, -0.25) is 14.3 Å². The maximum absolute atomic E-state index is 12.2. The third-order valence-corrected chi connectivity index (χ3v) is 5.12. The van der Waals surface area contributed by atoms with Gasteiger partial charge in [0.05, 0.1) is 12.2 Å². The first-order chi connectivity index (χ1) is 13.9. The number of aromatic nitrogens is 2. The number of carbonyl (C=O) groups excluding carboxylic acids is 2. The SMILES string of the molecule is Cc1ccc(C(=O)CCC(=O)NCc2c(C)nn(Cc3ccccc3)c2C)cc1. The summed E-state index contributed by atoms with van der Waals surface area (Å²) in [7, 11) is 0. The van der Waals surface area contributed by atoms with Gasteiger partial charge in [-0.1, -0.05) is 60.2 Å². The third kappa shape index (κ3) is 5.41. The molecule has 0 atom stereocenters. The van der Waals surface area contributed by atoms with E-state index >= 15 is 0 Å². The number of hydrogen-bond donors (Lipinski definition) is 1. The molecular weight excluding hydrogens is 362 g/mol. The van der Waals surface area contributed by atoms with Crippen molar-refractivity contribution in [3.8, 4) is 0 Å². The van der Waals surface area contributed by atoms with Gasteiger partial charge in [0, 0.05) is 36.2 Å². The van der Waals surface area contributed by atoms with Crippen molar-refractivity contribution in [3.05, 3.63) is 88.2 Å². The average Bonchev–Trinajstić information content (AvgIpc) is 2.98. The van der Waals surface area contributed by atoms with Crippen molar-refractivity contribution in [1.82, 2.24) is 15.1 Å². The van der Waals surface area contributed by atoms with E-state index in [1.54, 1.807) is 0 Å². The fourth-order valence-corrected chi connectivity index (χ4v) is 3.29. The van der Waals surface area contributed by atoms with Gasteiger partial charge in [0.2, 0.25) is 5.91 Å². The first-order valence-corrected chi connectivity index (χ1v) is 9.87. The summed E-state index contributed by atoms with van der Waals surface area (Å²) in [5, 5.41) is 7.54. The molecule has 5 heteroatoms. The summed E-state index contributed by atoms with van der Waals surface area (Å²) in [4.78, 5) is 24.5. The van der Waals surface area contributed by atoms with Crippen LogP contribution in [0.4, 0.5) is 0 Å². The highest BCUT2D eigenvalue weighted by Crippen LogP contribution is 2.15. The van der Waals surface area contributed by atoms with Crippen LogP contribution in [-0.2, 0) is 17.9 Å². The summed E-state index contributed by atoms with van der Waals surface area (Å²) in [6.07, 6.45) is 0.392. The van der Waals surface area contributed by atoms with Crippen molar-refractivity contribution in [2.24, 2.45) is 0 Å². The van der Waals surface area contributed by atoms with E-state index in [9.17, 15) is 9.59 Å². The van der Waals surface area contributed by atoms with Crippen molar-refractivity contribution in [1.29, 1.82) is 0 Å². The molecule has 5 nitrogen and oxygen atoms in total. The molecule has 29 heavy (non-hydrogen) atoms. The number of aryl methyl sites for hydroxylation is 2. The molecule has 1 N–H and O–H groups in total. The molecule has 0 radical (unpaired) electrons. The smallest absolute Gasteiger partial charge is 0.220 e. The summed E-state index contributed by atoms with van der Waals surface area (Å²) >= 11 is 0. The van der Waals surface area contributed by atoms with Crippen LogP contribution in [0.5, 0.6) is 0 Å². The standard InChI is InChI=1S/C24H27N3O2/c1-17-9-11-21(12-10-17)23(28)13-14-24(29)25-15-22-18(2)26-27(19(22)3)16-20-7-5-4-6-8-20/h4-12H,13-16H2,1-3H3,(H,25,29). The zero-order valence-corrected chi connectivity index (χ0v) is 17.2. The molecule has 0 unspecified atom stereocenters. The third-order valence-electron chi connectivity index (χ3n) is 5.12. The number of nitrogens with zero attached hydrogens (tertiary/aromatic N) is 2. The van der Waals surface area contributed by atoms with Crippen molar-refractivity contribution < 1.29 is 9.59 Å². The lowest BCUT2D eigenvalue weighted by molar-refractivity contribution is -0.121. The van der Waals surface area contributed by atoms with Gasteiger partial charge in [0.1, 0.15) is 0 Å². The second-order valence-electron chi connectivity index (χ2n) is 7.36. The largest absolute Gasteiger partial charge is 0.352 e. The Balaban J connectivity index is 1.53. The van der Waals surface area contributed by atoms with Gasteiger partial charge in [-0.2, -0.15) is 5.10 Å². The second-order valence-corrected chi connectivity index (χ2v) is 7.36. The van der Waals surface area contributed by atoms with Crippen LogP contribution in [0.2, 0.25) is 0 Å². The van der Waals surface area contributed by atoms with Crippen LogP contribution in [0.3, 0.4) is 0 Å². The normalized spacial score (nSPS) is 10.7. The number of ketones is 1. The summed E-state index contributed by atoms with van der Waals surface area (Å²) in [6, 6.07) is 17.6. The van der Waals surface area contributed by atoms with Crippen LogP contribution >= 0.6 is 0 Å². The van der Waals surface area contributed by atoms with Gasteiger partial charge in [-0.15, -0.1) is 0 Å². The van der Waals surface area contributed by atoms with Gasteiger partial charge < -0.3 is 5.32 Å². The molecule has 0 aliphatic rings. The van der Waals surface area contributed by atoms with E-state index in [0.717, 1.165) is 22.5 Å². The quantitative estimate of drug-likeness (QED) is 0.589. The number of carbonyl (C=O) groups is 2. The molecule has 3 rings (SSSR count). The molecular formula is C24H27N3O2. The Morgan fingerprint density at radius 2 is 1.62 bits per heavy atom. The van der Waals surface area contributed by atoms with E-state index in [1.165, 1.54) is 5.56 Å². The van der Waals surface area contributed by atoms with Crippen LogP contribution < -0.4 is 5.32 Å². The molecule has 1 amide bonds. The monoisotopic (exact) mass is 389 g/mol. The molecule has 1 heterocycles.